The SMILES string of the molecule is CN=C(N(C)N)N1CCN(C=O)CC1. The molecule has 1 aliphatic heterocycles. The van der Waals surface area contributed by atoms with Gasteiger partial charge in [-0.05, 0) is 0 Å². The molecule has 0 atom stereocenters. The van der Waals surface area contributed by atoms with E-state index in [1.165, 1.54) is 5.01 Å². The normalized spacial score (nSPS) is 18.4. The van der Waals surface area contributed by atoms with E-state index < -0.39 is 0 Å². The lowest BCUT2D eigenvalue weighted by atomic mass is 10.3. The molecule has 1 rings (SSSR count). The predicted octanol–water partition coefficient (Wildman–Crippen LogP) is -1.45. The molecule has 14 heavy (non-hydrogen) atoms. The van der Waals surface area contributed by atoms with Crippen molar-refractivity contribution in [3.8, 4) is 0 Å². The third-order valence-electron chi connectivity index (χ3n) is 2.26. The Bertz CT molecular complexity index is 220. The van der Waals surface area contributed by atoms with Crippen LogP contribution >= 0.6 is 0 Å². The zero-order chi connectivity index (χ0) is 10.6. The van der Waals surface area contributed by atoms with E-state index in [9.17, 15) is 4.79 Å². The third-order valence-corrected chi connectivity index (χ3v) is 2.26. The fraction of sp³-hybridized carbons (Fsp3) is 0.750. The summed E-state index contributed by atoms with van der Waals surface area (Å²) < 4.78 is 0. The molecule has 0 saturated carbocycles. The minimum Gasteiger partial charge on any atom is -0.342 e. The Morgan fingerprint density at radius 2 is 2.00 bits per heavy atom. The van der Waals surface area contributed by atoms with Gasteiger partial charge in [-0.15, -0.1) is 0 Å². The van der Waals surface area contributed by atoms with Gasteiger partial charge in [0.05, 0.1) is 0 Å². The Kier molecular flexibility index (Phi) is 3.70. The maximum absolute atomic E-state index is 10.5. The molecule has 0 radical (unpaired) electrons. The number of nitrogens with two attached hydrogens (primary N) is 1. The first-order chi connectivity index (χ1) is 6.69. The molecule has 0 aromatic rings. The summed E-state index contributed by atoms with van der Waals surface area (Å²) in [6.45, 7) is 3.03. The topological polar surface area (TPSA) is 65.2 Å². The molecule has 1 aliphatic rings. The second-order valence-corrected chi connectivity index (χ2v) is 3.26. The van der Waals surface area contributed by atoms with Gasteiger partial charge in [0.15, 0.2) is 0 Å². The second kappa shape index (κ2) is 4.80. The summed E-state index contributed by atoms with van der Waals surface area (Å²) in [7, 11) is 3.47. The molecule has 6 heteroatoms. The van der Waals surface area contributed by atoms with Crippen LogP contribution in [0.4, 0.5) is 0 Å². The molecule has 80 valence electrons. The van der Waals surface area contributed by atoms with E-state index in [-0.39, 0.29) is 0 Å². The molecular weight excluding hydrogens is 182 g/mol. The maximum atomic E-state index is 10.5. The van der Waals surface area contributed by atoms with Crippen LogP contribution in [0.5, 0.6) is 0 Å². The summed E-state index contributed by atoms with van der Waals surface area (Å²) in [6.07, 6.45) is 0.881. The second-order valence-electron chi connectivity index (χ2n) is 3.26. The Labute approximate surface area is 83.9 Å². The van der Waals surface area contributed by atoms with E-state index in [0.717, 1.165) is 38.5 Å². The van der Waals surface area contributed by atoms with Crippen LogP contribution in [0.2, 0.25) is 0 Å². The summed E-state index contributed by atoms with van der Waals surface area (Å²) >= 11 is 0. The molecular formula is C8H17N5O. The van der Waals surface area contributed by atoms with E-state index in [4.69, 9.17) is 5.84 Å². The molecule has 6 nitrogen and oxygen atoms in total. The van der Waals surface area contributed by atoms with E-state index in [0.29, 0.717) is 0 Å². The molecule has 1 heterocycles. The lowest BCUT2D eigenvalue weighted by Crippen LogP contribution is -2.53. The van der Waals surface area contributed by atoms with Crippen molar-refractivity contribution in [1.29, 1.82) is 0 Å². The average Bonchev–Trinajstić information content (AvgIpc) is 2.19. The van der Waals surface area contributed by atoms with Gasteiger partial charge in [-0.1, -0.05) is 0 Å². The van der Waals surface area contributed by atoms with Gasteiger partial charge in [0.1, 0.15) is 0 Å². The lowest BCUT2D eigenvalue weighted by molar-refractivity contribution is -0.119. The molecule has 2 N–H and O–H groups in total. The summed E-state index contributed by atoms with van der Waals surface area (Å²) in [5.74, 6) is 6.38. The van der Waals surface area contributed by atoms with Gasteiger partial charge >= 0.3 is 0 Å². The first-order valence-electron chi connectivity index (χ1n) is 4.58. The molecule has 0 aromatic heterocycles. The predicted molar refractivity (Wildman–Crippen MR) is 54.5 cm³/mol. The molecule has 0 bridgehead atoms. The van der Waals surface area contributed by atoms with E-state index in [2.05, 4.69) is 9.89 Å². The molecule has 1 amide bonds. The van der Waals surface area contributed by atoms with Crippen molar-refractivity contribution in [2.45, 2.75) is 0 Å². The minimum atomic E-state index is 0.732. The van der Waals surface area contributed by atoms with Crippen LogP contribution < -0.4 is 5.84 Å². The van der Waals surface area contributed by atoms with Gasteiger partial charge in [0.2, 0.25) is 12.4 Å². The first kappa shape index (κ1) is 10.8. The van der Waals surface area contributed by atoms with Crippen molar-refractivity contribution >= 4 is 12.4 Å². The highest BCUT2D eigenvalue weighted by atomic mass is 16.1. The summed E-state index contributed by atoms with van der Waals surface area (Å²) in [5, 5.41) is 1.50. The average molecular weight is 199 g/mol. The van der Waals surface area contributed by atoms with Gasteiger partial charge < -0.3 is 9.80 Å². The monoisotopic (exact) mass is 199 g/mol. The van der Waals surface area contributed by atoms with Crippen LogP contribution in [0.15, 0.2) is 4.99 Å². The Balaban J connectivity index is 2.52. The number of hydrogen-bond acceptors (Lipinski definition) is 3. The van der Waals surface area contributed by atoms with Crippen LogP contribution in [-0.4, -0.2) is 67.5 Å². The molecule has 0 aromatic carbocycles. The standard InChI is InChI=1S/C8H17N5O/c1-10-8(11(2)9)13-5-3-12(7-14)4-6-13/h7H,3-6,9H2,1-2H3. The van der Waals surface area contributed by atoms with Crippen LogP contribution in [0.3, 0.4) is 0 Å². The number of rotatable bonds is 1. The van der Waals surface area contributed by atoms with E-state index >= 15 is 0 Å². The van der Waals surface area contributed by atoms with Crippen LogP contribution in [0, 0.1) is 0 Å². The highest BCUT2D eigenvalue weighted by Gasteiger charge is 2.19. The highest BCUT2D eigenvalue weighted by molar-refractivity contribution is 5.79. The summed E-state index contributed by atoms with van der Waals surface area (Å²) in [6, 6.07) is 0. The van der Waals surface area contributed by atoms with Crippen molar-refractivity contribution < 1.29 is 4.79 Å². The van der Waals surface area contributed by atoms with E-state index in [1.807, 2.05) is 0 Å². The van der Waals surface area contributed by atoms with Gasteiger partial charge in [-0.2, -0.15) is 0 Å². The van der Waals surface area contributed by atoms with Crippen LogP contribution in [0.25, 0.3) is 0 Å². The Hall–Kier alpha value is -1.30. The van der Waals surface area contributed by atoms with Crippen LogP contribution in [0.1, 0.15) is 0 Å². The zero-order valence-electron chi connectivity index (χ0n) is 8.68. The molecule has 1 fully saturated rings. The quantitative estimate of drug-likeness (QED) is 0.184. The Morgan fingerprint density at radius 1 is 1.43 bits per heavy atom. The number of amides is 1. The van der Waals surface area contributed by atoms with Gasteiger partial charge in [0.25, 0.3) is 0 Å². The molecule has 0 aliphatic carbocycles. The fourth-order valence-electron chi connectivity index (χ4n) is 1.55. The maximum Gasteiger partial charge on any atom is 0.210 e. The number of hydrazine groups is 1. The fourth-order valence-corrected chi connectivity index (χ4v) is 1.55. The number of nitrogens with zero attached hydrogens (tertiary/aromatic N) is 4. The van der Waals surface area contributed by atoms with Crippen LogP contribution in [-0.2, 0) is 4.79 Å². The summed E-state index contributed by atoms with van der Waals surface area (Å²) in [5.41, 5.74) is 0. The number of hydrogen-bond donors (Lipinski definition) is 1. The van der Waals surface area contributed by atoms with Crippen molar-refractivity contribution in [1.82, 2.24) is 14.8 Å². The van der Waals surface area contributed by atoms with Crippen molar-refractivity contribution in [2.24, 2.45) is 10.8 Å². The molecule has 0 unspecified atom stereocenters. The van der Waals surface area contributed by atoms with Gasteiger partial charge in [-0.3, -0.25) is 14.8 Å². The van der Waals surface area contributed by atoms with Crippen molar-refractivity contribution in [2.75, 3.05) is 40.3 Å². The molecule has 1 saturated heterocycles. The first-order valence-corrected chi connectivity index (χ1v) is 4.58. The van der Waals surface area contributed by atoms with E-state index in [1.54, 1.807) is 19.0 Å². The van der Waals surface area contributed by atoms with Crippen molar-refractivity contribution in [3.63, 3.8) is 0 Å². The summed E-state index contributed by atoms with van der Waals surface area (Å²) in [4.78, 5) is 18.4. The molecule has 0 spiro atoms. The third kappa shape index (κ3) is 2.35. The highest BCUT2D eigenvalue weighted by Crippen LogP contribution is 2.01. The van der Waals surface area contributed by atoms with Crippen molar-refractivity contribution in [3.05, 3.63) is 0 Å². The number of carbonyl (C=O) groups excluding carboxylic acids is 1. The smallest absolute Gasteiger partial charge is 0.210 e. The number of piperazine rings is 1. The minimum absolute atomic E-state index is 0.732. The zero-order valence-corrected chi connectivity index (χ0v) is 8.68. The number of carbonyl (C=O) groups is 1. The lowest BCUT2D eigenvalue weighted by Gasteiger charge is -2.36. The largest absolute Gasteiger partial charge is 0.342 e. The number of guanidine groups is 1. The van der Waals surface area contributed by atoms with Gasteiger partial charge in [0, 0.05) is 40.3 Å². The Morgan fingerprint density at radius 3 is 2.36 bits per heavy atom. The van der Waals surface area contributed by atoms with Gasteiger partial charge in [-0.25, -0.2) is 5.84 Å². The number of aliphatic imine (C=N–C) groups is 1.